The van der Waals surface area contributed by atoms with Crippen LogP contribution in [0, 0.1) is 0 Å². The summed E-state index contributed by atoms with van der Waals surface area (Å²) in [7, 11) is -0.478. The third-order valence-electron chi connectivity index (χ3n) is 4.00. The van der Waals surface area contributed by atoms with Gasteiger partial charge in [-0.1, -0.05) is 30.1 Å². The lowest BCUT2D eigenvalue weighted by molar-refractivity contribution is 0.00578. The summed E-state index contributed by atoms with van der Waals surface area (Å²) in [4.78, 5) is 0. The first-order chi connectivity index (χ1) is 9.68. The van der Waals surface area contributed by atoms with Gasteiger partial charge in [0.2, 0.25) is 0 Å². The van der Waals surface area contributed by atoms with Gasteiger partial charge in [0, 0.05) is 0 Å². The van der Waals surface area contributed by atoms with Gasteiger partial charge in [0.25, 0.3) is 0 Å². The topological polar surface area (TPSA) is 27.7 Å². The Hall–Kier alpha value is -0.415. The van der Waals surface area contributed by atoms with Crippen molar-refractivity contribution in [1.82, 2.24) is 0 Å². The Morgan fingerprint density at radius 1 is 1.10 bits per heavy atom. The quantitative estimate of drug-likeness (QED) is 0.778. The van der Waals surface area contributed by atoms with Crippen LogP contribution in [0.2, 0.25) is 10.0 Å². The molecule has 1 aromatic carbocycles. The molecule has 0 unspecified atom stereocenters. The van der Waals surface area contributed by atoms with Gasteiger partial charge in [-0.05, 0) is 51.7 Å². The highest BCUT2D eigenvalue weighted by atomic mass is 35.5. The molecule has 6 heteroatoms. The van der Waals surface area contributed by atoms with Gasteiger partial charge in [-0.3, -0.25) is 0 Å². The van der Waals surface area contributed by atoms with E-state index in [1.807, 2.05) is 40.7 Å². The van der Waals surface area contributed by atoms with Crippen LogP contribution in [-0.2, 0) is 9.31 Å². The monoisotopic (exact) mass is 330 g/mol. The summed E-state index contributed by atoms with van der Waals surface area (Å²) in [5.41, 5.74) is 0.0248. The van der Waals surface area contributed by atoms with Gasteiger partial charge in [0.05, 0.1) is 22.8 Å². The molecule has 0 bridgehead atoms. The zero-order chi connectivity index (χ0) is 15.8. The first-order valence-electron chi connectivity index (χ1n) is 7.15. The van der Waals surface area contributed by atoms with Crippen LogP contribution in [0.4, 0.5) is 0 Å². The zero-order valence-corrected chi connectivity index (χ0v) is 14.6. The van der Waals surface area contributed by atoms with Crippen molar-refractivity contribution in [2.24, 2.45) is 0 Å². The molecule has 116 valence electrons. The van der Waals surface area contributed by atoms with Gasteiger partial charge >= 0.3 is 7.12 Å². The average molecular weight is 331 g/mol. The smallest absolute Gasteiger partial charge is 0.492 e. The highest BCUT2D eigenvalue weighted by Crippen LogP contribution is 2.38. The van der Waals surface area contributed by atoms with E-state index in [2.05, 4.69) is 0 Å². The summed E-state index contributed by atoms with van der Waals surface area (Å²) in [5.74, 6) is 0.565. The first-order valence-corrected chi connectivity index (χ1v) is 7.91. The lowest BCUT2D eigenvalue weighted by atomic mass is 9.79. The lowest BCUT2D eigenvalue weighted by Crippen LogP contribution is -2.41. The maximum Gasteiger partial charge on any atom is 0.495 e. The van der Waals surface area contributed by atoms with Crippen LogP contribution < -0.4 is 10.2 Å². The highest BCUT2D eigenvalue weighted by Gasteiger charge is 2.51. The fraction of sp³-hybridized carbons (Fsp3) is 0.600. The Kier molecular flexibility index (Phi) is 4.84. The van der Waals surface area contributed by atoms with E-state index < -0.39 is 18.3 Å². The molecule has 0 aromatic heterocycles. The van der Waals surface area contributed by atoms with E-state index in [9.17, 15) is 0 Å². The molecule has 0 amide bonds. The Morgan fingerprint density at radius 2 is 1.67 bits per heavy atom. The molecule has 21 heavy (non-hydrogen) atoms. The van der Waals surface area contributed by atoms with E-state index >= 15 is 0 Å². The molecule has 1 aliphatic heterocycles. The Balaban J connectivity index is 2.31. The molecule has 1 saturated heterocycles. The highest BCUT2D eigenvalue weighted by molar-refractivity contribution is 6.62. The van der Waals surface area contributed by atoms with Gasteiger partial charge in [0.1, 0.15) is 10.8 Å². The average Bonchev–Trinajstić information content (AvgIpc) is 2.60. The number of benzene rings is 1. The largest absolute Gasteiger partial charge is 0.495 e. The Bertz CT molecular complexity index is 516. The second-order valence-corrected chi connectivity index (χ2v) is 7.04. The normalized spacial score (nSPS) is 19.9. The molecule has 1 aromatic rings. The van der Waals surface area contributed by atoms with Crippen molar-refractivity contribution in [2.75, 3.05) is 6.61 Å². The third-order valence-corrected chi connectivity index (χ3v) is 4.79. The minimum absolute atomic E-state index is 0.395. The third kappa shape index (κ3) is 3.34. The van der Waals surface area contributed by atoms with Crippen LogP contribution >= 0.6 is 23.2 Å². The summed E-state index contributed by atoms with van der Waals surface area (Å²) < 4.78 is 17.7. The SMILES string of the molecule is CCCOc1cc(B2OC(C)(C)C(C)(C)O2)cc(Cl)c1Cl. The molecule has 0 radical (unpaired) electrons. The van der Waals surface area contributed by atoms with Crippen molar-refractivity contribution in [1.29, 1.82) is 0 Å². The van der Waals surface area contributed by atoms with Crippen LogP contribution in [-0.4, -0.2) is 24.9 Å². The maximum atomic E-state index is 6.20. The number of ether oxygens (including phenoxy) is 1. The lowest BCUT2D eigenvalue weighted by Gasteiger charge is -2.32. The van der Waals surface area contributed by atoms with Gasteiger partial charge in [-0.25, -0.2) is 0 Å². The van der Waals surface area contributed by atoms with E-state index in [-0.39, 0.29) is 0 Å². The van der Waals surface area contributed by atoms with Crippen LogP contribution in [0.5, 0.6) is 5.75 Å². The van der Waals surface area contributed by atoms with Crippen molar-refractivity contribution in [3.05, 3.63) is 22.2 Å². The van der Waals surface area contributed by atoms with Crippen LogP contribution in [0.15, 0.2) is 12.1 Å². The molecule has 0 aliphatic carbocycles. The first kappa shape index (κ1) is 16.9. The second kappa shape index (κ2) is 6.00. The summed E-state index contributed by atoms with van der Waals surface area (Å²) >= 11 is 12.4. The van der Waals surface area contributed by atoms with Crippen LogP contribution in [0.1, 0.15) is 41.0 Å². The van der Waals surface area contributed by atoms with Crippen molar-refractivity contribution in [2.45, 2.75) is 52.2 Å². The summed E-state index contributed by atoms with van der Waals surface area (Å²) in [6, 6.07) is 3.61. The molecule has 2 rings (SSSR count). The van der Waals surface area contributed by atoms with Crippen molar-refractivity contribution < 1.29 is 14.0 Å². The molecule has 0 N–H and O–H groups in total. The number of hydrogen-bond acceptors (Lipinski definition) is 3. The molecule has 1 fully saturated rings. The zero-order valence-electron chi connectivity index (χ0n) is 13.1. The predicted octanol–water partition coefficient (Wildman–Crippen LogP) is 4.08. The predicted molar refractivity (Wildman–Crippen MR) is 88.0 cm³/mol. The van der Waals surface area contributed by atoms with Gasteiger partial charge in [-0.2, -0.15) is 0 Å². The van der Waals surface area contributed by atoms with E-state index in [0.717, 1.165) is 11.9 Å². The Labute approximate surface area is 137 Å². The molecule has 1 aliphatic rings. The van der Waals surface area contributed by atoms with Crippen molar-refractivity contribution in [3.63, 3.8) is 0 Å². The molecule has 3 nitrogen and oxygen atoms in total. The van der Waals surface area contributed by atoms with E-state index in [1.54, 1.807) is 6.07 Å². The molecular formula is C15H21BCl2O3. The van der Waals surface area contributed by atoms with Crippen LogP contribution in [0.3, 0.4) is 0 Å². The van der Waals surface area contributed by atoms with Gasteiger partial charge < -0.3 is 14.0 Å². The molecular weight excluding hydrogens is 310 g/mol. The summed E-state index contributed by atoms with van der Waals surface area (Å²) in [6.07, 6.45) is 0.897. The maximum absolute atomic E-state index is 6.20. The minimum atomic E-state index is -0.478. The van der Waals surface area contributed by atoms with Crippen LogP contribution in [0.25, 0.3) is 0 Å². The van der Waals surface area contributed by atoms with E-state index in [0.29, 0.717) is 22.4 Å². The number of halogens is 2. The molecule has 0 atom stereocenters. The van der Waals surface area contributed by atoms with Gasteiger partial charge in [-0.15, -0.1) is 0 Å². The number of rotatable bonds is 4. The van der Waals surface area contributed by atoms with Gasteiger partial charge in [0.15, 0.2) is 0 Å². The molecule has 1 heterocycles. The van der Waals surface area contributed by atoms with E-state index in [1.165, 1.54) is 0 Å². The van der Waals surface area contributed by atoms with Crippen molar-refractivity contribution >= 4 is 35.8 Å². The summed E-state index contributed by atoms with van der Waals surface area (Å²) in [5, 5.41) is 0.861. The molecule has 0 spiro atoms. The standard InChI is InChI=1S/C15H21BCl2O3/c1-6-7-19-12-9-10(8-11(17)13(12)18)16-20-14(2,3)15(4,5)21-16/h8-9H,6-7H2,1-5H3. The van der Waals surface area contributed by atoms with E-state index in [4.69, 9.17) is 37.2 Å². The van der Waals surface area contributed by atoms with Crippen molar-refractivity contribution in [3.8, 4) is 5.75 Å². The molecule has 0 saturated carbocycles. The number of hydrogen-bond donors (Lipinski definition) is 0. The summed E-state index contributed by atoms with van der Waals surface area (Å²) in [6.45, 7) is 10.7. The second-order valence-electron chi connectivity index (χ2n) is 6.25. The Morgan fingerprint density at radius 3 is 2.19 bits per heavy atom. The minimum Gasteiger partial charge on any atom is -0.492 e. The fourth-order valence-corrected chi connectivity index (χ4v) is 2.40. The fourth-order valence-electron chi connectivity index (χ4n) is 2.02.